The minimum absolute atomic E-state index is 0.252. The number of hydrogen-bond donors (Lipinski definition) is 0. The Morgan fingerprint density at radius 2 is 1.85 bits per heavy atom. The monoisotopic (exact) mass is 449 g/mol. The highest BCUT2D eigenvalue weighted by molar-refractivity contribution is 9.11. The van der Waals surface area contributed by atoms with E-state index >= 15 is 0 Å². The molecule has 1 heterocycles. The van der Waals surface area contributed by atoms with Crippen molar-refractivity contribution >= 4 is 26.0 Å². The molecular formula is C18H19BrF3NO2S. The fourth-order valence-electron chi connectivity index (χ4n) is 3.47. The second-order valence-electron chi connectivity index (χ2n) is 6.55. The summed E-state index contributed by atoms with van der Waals surface area (Å²) in [5.74, 6) is 0.576. The summed E-state index contributed by atoms with van der Waals surface area (Å²) in [7, 11) is -3.92. The highest BCUT2D eigenvalue weighted by atomic mass is 79.9. The first-order chi connectivity index (χ1) is 12.2. The standard InChI is InChI=1S/C18H19BrF3NO2S/c19-17-7-2-1-6-16(17)13-8-10-23(11-9-13)26(24,25)15-5-3-4-14(12-15)18(20,21)22/h1,3-7,12-13,16H,2,8-11H2. The van der Waals surface area contributed by atoms with E-state index < -0.39 is 21.8 Å². The summed E-state index contributed by atoms with van der Waals surface area (Å²) in [6, 6.07) is 3.95. The van der Waals surface area contributed by atoms with Crippen LogP contribution in [0.1, 0.15) is 24.8 Å². The van der Waals surface area contributed by atoms with Crippen molar-refractivity contribution in [3.8, 4) is 0 Å². The van der Waals surface area contributed by atoms with Gasteiger partial charge in [0.05, 0.1) is 10.5 Å². The highest BCUT2D eigenvalue weighted by Gasteiger charge is 2.35. The molecule has 3 nitrogen and oxygen atoms in total. The largest absolute Gasteiger partial charge is 0.416 e. The number of benzene rings is 1. The molecule has 0 N–H and O–H groups in total. The summed E-state index contributed by atoms with van der Waals surface area (Å²) < 4.78 is 66.5. The summed E-state index contributed by atoms with van der Waals surface area (Å²) in [5, 5.41) is 0. The zero-order chi connectivity index (χ0) is 18.9. The number of alkyl halides is 3. The van der Waals surface area contributed by atoms with Crippen LogP contribution in [0, 0.1) is 11.8 Å². The molecule has 1 unspecified atom stereocenters. The lowest BCUT2D eigenvalue weighted by Gasteiger charge is -2.35. The summed E-state index contributed by atoms with van der Waals surface area (Å²) >= 11 is 3.58. The Hall–Kier alpha value is -1.12. The second kappa shape index (κ2) is 7.48. The van der Waals surface area contributed by atoms with Crippen molar-refractivity contribution in [1.82, 2.24) is 4.31 Å². The fourth-order valence-corrected chi connectivity index (χ4v) is 5.70. The Morgan fingerprint density at radius 1 is 1.15 bits per heavy atom. The second-order valence-corrected chi connectivity index (χ2v) is 9.40. The van der Waals surface area contributed by atoms with Gasteiger partial charge < -0.3 is 0 Å². The summed E-state index contributed by atoms with van der Waals surface area (Å²) in [5.41, 5.74) is -0.949. The van der Waals surface area contributed by atoms with Crippen molar-refractivity contribution in [2.75, 3.05) is 13.1 Å². The number of piperidine rings is 1. The van der Waals surface area contributed by atoms with Crippen molar-refractivity contribution in [2.24, 2.45) is 11.8 Å². The Labute approximate surface area is 159 Å². The third-order valence-corrected chi connectivity index (χ3v) is 7.66. The molecule has 1 aliphatic heterocycles. The number of nitrogens with zero attached hydrogens (tertiary/aromatic N) is 1. The molecular weight excluding hydrogens is 431 g/mol. The lowest BCUT2D eigenvalue weighted by atomic mass is 9.83. The molecule has 1 aromatic carbocycles. The summed E-state index contributed by atoms with van der Waals surface area (Å²) in [4.78, 5) is -0.301. The number of sulfonamides is 1. The lowest BCUT2D eigenvalue weighted by molar-refractivity contribution is -0.137. The van der Waals surface area contributed by atoms with E-state index in [1.807, 2.05) is 0 Å². The van der Waals surface area contributed by atoms with Gasteiger partial charge in [-0.15, -0.1) is 0 Å². The van der Waals surface area contributed by atoms with E-state index in [0.29, 0.717) is 37.9 Å². The van der Waals surface area contributed by atoms with E-state index in [9.17, 15) is 21.6 Å². The molecule has 1 atom stereocenters. The molecule has 142 valence electrons. The van der Waals surface area contributed by atoms with E-state index in [2.05, 4.69) is 34.2 Å². The number of halogens is 4. The van der Waals surface area contributed by atoms with E-state index in [1.54, 1.807) is 0 Å². The van der Waals surface area contributed by atoms with Gasteiger partial charge in [-0.3, -0.25) is 0 Å². The van der Waals surface area contributed by atoms with Crippen LogP contribution in [0.5, 0.6) is 0 Å². The predicted molar refractivity (Wildman–Crippen MR) is 97.2 cm³/mol. The maximum atomic E-state index is 12.9. The van der Waals surface area contributed by atoms with Gasteiger partial charge >= 0.3 is 6.18 Å². The molecule has 1 aromatic rings. The van der Waals surface area contributed by atoms with Crippen LogP contribution in [0.15, 0.2) is 51.9 Å². The quantitative estimate of drug-likeness (QED) is 0.611. The third kappa shape index (κ3) is 4.07. The maximum absolute atomic E-state index is 12.9. The topological polar surface area (TPSA) is 37.4 Å². The SMILES string of the molecule is O=S(=O)(c1cccc(C(F)(F)F)c1)N1CCC(C2C=CCC=C2Br)CC1. The van der Waals surface area contributed by atoms with E-state index in [-0.39, 0.29) is 10.8 Å². The number of allylic oxidation sites excluding steroid dienone is 4. The molecule has 0 bridgehead atoms. The maximum Gasteiger partial charge on any atom is 0.416 e. The number of rotatable bonds is 3. The molecule has 26 heavy (non-hydrogen) atoms. The Morgan fingerprint density at radius 3 is 2.46 bits per heavy atom. The van der Waals surface area contributed by atoms with Gasteiger partial charge in [-0.05, 0) is 47.9 Å². The van der Waals surface area contributed by atoms with Crippen LogP contribution in [-0.2, 0) is 16.2 Å². The normalized spacial score (nSPS) is 23.1. The van der Waals surface area contributed by atoms with Crippen LogP contribution >= 0.6 is 15.9 Å². The van der Waals surface area contributed by atoms with Gasteiger partial charge in [0.1, 0.15) is 0 Å². The molecule has 8 heteroatoms. The fraction of sp³-hybridized carbons (Fsp3) is 0.444. The molecule has 0 aromatic heterocycles. The van der Waals surface area contributed by atoms with Crippen LogP contribution in [0.2, 0.25) is 0 Å². The van der Waals surface area contributed by atoms with Gasteiger partial charge in [-0.2, -0.15) is 17.5 Å². The van der Waals surface area contributed by atoms with Crippen molar-refractivity contribution in [2.45, 2.75) is 30.3 Å². The first-order valence-electron chi connectivity index (χ1n) is 8.39. The minimum Gasteiger partial charge on any atom is -0.207 e. The first kappa shape index (κ1) is 19.6. The highest BCUT2D eigenvalue weighted by Crippen LogP contribution is 2.37. The zero-order valence-electron chi connectivity index (χ0n) is 13.9. The van der Waals surface area contributed by atoms with Crippen molar-refractivity contribution in [3.05, 3.63) is 52.5 Å². The van der Waals surface area contributed by atoms with E-state index in [4.69, 9.17) is 0 Å². The van der Waals surface area contributed by atoms with Crippen molar-refractivity contribution in [3.63, 3.8) is 0 Å². The van der Waals surface area contributed by atoms with Crippen LogP contribution < -0.4 is 0 Å². The molecule has 1 aliphatic carbocycles. The van der Waals surface area contributed by atoms with E-state index in [0.717, 1.165) is 23.0 Å². The van der Waals surface area contributed by atoms with Crippen LogP contribution in [0.3, 0.4) is 0 Å². The van der Waals surface area contributed by atoms with Gasteiger partial charge in [-0.25, -0.2) is 8.42 Å². The third-order valence-electron chi connectivity index (χ3n) is 4.92. The van der Waals surface area contributed by atoms with E-state index in [1.165, 1.54) is 10.4 Å². The Balaban J connectivity index is 1.73. The van der Waals surface area contributed by atoms with Crippen molar-refractivity contribution in [1.29, 1.82) is 0 Å². The average Bonchev–Trinajstić information content (AvgIpc) is 2.62. The van der Waals surface area contributed by atoms with Crippen molar-refractivity contribution < 1.29 is 21.6 Å². The Kier molecular flexibility index (Phi) is 5.65. The van der Waals surface area contributed by atoms with Gasteiger partial charge in [0.15, 0.2) is 0 Å². The van der Waals surface area contributed by atoms with Gasteiger partial charge in [-0.1, -0.05) is 40.2 Å². The minimum atomic E-state index is -4.57. The smallest absolute Gasteiger partial charge is 0.207 e. The molecule has 3 rings (SSSR count). The number of hydrogen-bond acceptors (Lipinski definition) is 2. The van der Waals surface area contributed by atoms with Crippen LogP contribution in [0.4, 0.5) is 13.2 Å². The molecule has 2 aliphatic rings. The summed E-state index contributed by atoms with van der Waals surface area (Å²) in [6.07, 6.45) is 4.03. The zero-order valence-corrected chi connectivity index (χ0v) is 16.3. The summed E-state index contributed by atoms with van der Waals surface area (Å²) in [6.45, 7) is 0.627. The molecule has 0 radical (unpaired) electrons. The van der Waals surface area contributed by atoms with Crippen LogP contribution in [0.25, 0.3) is 0 Å². The first-order valence-corrected chi connectivity index (χ1v) is 10.6. The molecule has 0 amide bonds. The lowest BCUT2D eigenvalue weighted by Crippen LogP contribution is -2.40. The van der Waals surface area contributed by atoms with Gasteiger partial charge in [0.25, 0.3) is 0 Å². The van der Waals surface area contributed by atoms with Crippen LogP contribution in [-0.4, -0.2) is 25.8 Å². The average molecular weight is 450 g/mol. The van der Waals surface area contributed by atoms with Gasteiger partial charge in [0, 0.05) is 19.0 Å². The Bertz CT molecular complexity index is 825. The molecule has 0 saturated carbocycles. The predicted octanol–water partition coefficient (Wildman–Crippen LogP) is 4.96. The van der Waals surface area contributed by atoms with Gasteiger partial charge in [0.2, 0.25) is 10.0 Å². The molecule has 1 saturated heterocycles. The molecule has 0 spiro atoms. The molecule has 1 fully saturated rings.